The molecule has 1 fully saturated rings. The summed E-state index contributed by atoms with van der Waals surface area (Å²) in [4.78, 5) is 23.0. The minimum atomic E-state index is -0.885. The van der Waals surface area contributed by atoms with Crippen LogP contribution in [0, 0.1) is 11.8 Å². The van der Waals surface area contributed by atoms with Crippen molar-refractivity contribution in [3.63, 3.8) is 0 Å². The summed E-state index contributed by atoms with van der Waals surface area (Å²) in [5, 5.41) is 9.25. The molecule has 5 heteroatoms. The first-order valence-corrected chi connectivity index (χ1v) is 8.22. The second kappa shape index (κ2) is 10.7. The van der Waals surface area contributed by atoms with Gasteiger partial charge in [0.15, 0.2) is 0 Å². The van der Waals surface area contributed by atoms with Crippen molar-refractivity contribution in [1.82, 2.24) is 0 Å². The zero-order valence-electron chi connectivity index (χ0n) is 13.7. The van der Waals surface area contributed by atoms with Crippen LogP contribution in [0.1, 0.15) is 78.6 Å². The number of hydrogen-bond donors (Lipinski definition) is 1. The fraction of sp³-hybridized carbons (Fsp3) is 0.882. The summed E-state index contributed by atoms with van der Waals surface area (Å²) in [5.74, 6) is -1.14. The number of carbonyl (C=O) groups excluding carboxylic acids is 1. The monoisotopic (exact) mass is 322 g/mol. The Bertz CT molecular complexity index is 343. The molecule has 0 bridgehead atoms. The molecule has 0 aromatic rings. The second-order valence-corrected chi connectivity index (χ2v) is 7.26. The number of ether oxygens (including phenoxy) is 1. The molecule has 1 unspecified atom stereocenters. The van der Waals surface area contributed by atoms with Gasteiger partial charge in [0.25, 0.3) is 0 Å². The van der Waals surface area contributed by atoms with Gasteiger partial charge in [-0.2, -0.15) is 0 Å². The fourth-order valence-corrected chi connectivity index (χ4v) is 3.03. The van der Waals surface area contributed by atoms with Crippen molar-refractivity contribution in [2.75, 3.05) is 0 Å². The Labute approximate surface area is 156 Å². The molecule has 0 amide bonds. The summed E-state index contributed by atoms with van der Waals surface area (Å²) >= 11 is 0. The zero-order chi connectivity index (χ0) is 15.9. The summed E-state index contributed by atoms with van der Waals surface area (Å²) in [6, 6.07) is 0. The van der Waals surface area contributed by atoms with Crippen LogP contribution in [-0.2, 0) is 14.3 Å². The van der Waals surface area contributed by atoms with E-state index in [4.69, 9.17) is 4.74 Å². The normalized spacial score (nSPS) is 17.4. The summed E-state index contributed by atoms with van der Waals surface area (Å²) in [6.45, 7) is 5.39. The van der Waals surface area contributed by atoms with E-state index < -0.39 is 23.5 Å². The van der Waals surface area contributed by atoms with Crippen LogP contribution >= 0.6 is 0 Å². The summed E-state index contributed by atoms with van der Waals surface area (Å²) in [7, 11) is 0. The Morgan fingerprint density at radius 2 is 1.77 bits per heavy atom. The van der Waals surface area contributed by atoms with Gasteiger partial charge in [0.05, 0.1) is 12.3 Å². The number of carbonyl (C=O) groups is 2. The van der Waals surface area contributed by atoms with Crippen LogP contribution < -0.4 is 0 Å². The second-order valence-electron chi connectivity index (χ2n) is 7.26. The van der Waals surface area contributed by atoms with E-state index >= 15 is 0 Å². The van der Waals surface area contributed by atoms with E-state index in [2.05, 4.69) is 0 Å². The maximum absolute atomic E-state index is 11.8. The van der Waals surface area contributed by atoms with Crippen molar-refractivity contribution >= 4 is 41.5 Å². The first kappa shape index (κ1) is 21.9. The van der Waals surface area contributed by atoms with Crippen molar-refractivity contribution in [1.29, 1.82) is 0 Å². The number of carboxylic acid groups (broad SMARTS) is 1. The number of hydrogen-bond acceptors (Lipinski definition) is 3. The third-order valence-electron chi connectivity index (χ3n) is 4.07. The van der Waals surface area contributed by atoms with E-state index in [0.717, 1.165) is 18.8 Å². The third-order valence-corrected chi connectivity index (χ3v) is 4.07. The van der Waals surface area contributed by atoms with Gasteiger partial charge < -0.3 is 9.84 Å². The van der Waals surface area contributed by atoms with Crippen LogP contribution in [0.5, 0.6) is 0 Å². The first-order valence-electron chi connectivity index (χ1n) is 8.22. The molecular formula is C17H31NaO4. The van der Waals surface area contributed by atoms with Crippen molar-refractivity contribution < 1.29 is 19.4 Å². The van der Waals surface area contributed by atoms with Crippen molar-refractivity contribution in [2.24, 2.45) is 11.8 Å². The van der Waals surface area contributed by atoms with E-state index in [0.29, 0.717) is 6.42 Å². The zero-order valence-corrected chi connectivity index (χ0v) is 13.7. The fourth-order valence-electron chi connectivity index (χ4n) is 3.03. The summed E-state index contributed by atoms with van der Waals surface area (Å²) in [5.41, 5.74) is -0.553. The van der Waals surface area contributed by atoms with E-state index in [-0.39, 0.29) is 36.0 Å². The van der Waals surface area contributed by atoms with Gasteiger partial charge in [-0.25, -0.2) is 0 Å². The van der Waals surface area contributed by atoms with Crippen LogP contribution in [-0.4, -0.2) is 52.2 Å². The molecule has 1 atom stereocenters. The van der Waals surface area contributed by atoms with E-state index in [1.807, 2.05) is 0 Å². The van der Waals surface area contributed by atoms with Gasteiger partial charge in [-0.05, 0) is 33.1 Å². The Morgan fingerprint density at radius 1 is 1.18 bits per heavy atom. The maximum atomic E-state index is 11.8. The number of esters is 1. The van der Waals surface area contributed by atoms with Gasteiger partial charge in [-0.15, -0.1) is 0 Å². The Hall–Kier alpha value is -0.0600. The van der Waals surface area contributed by atoms with E-state index in [1.165, 1.54) is 32.1 Å². The molecule has 0 heterocycles. The number of rotatable bonds is 7. The Balaban J connectivity index is 0.00000441. The van der Waals surface area contributed by atoms with Gasteiger partial charge in [-0.3, -0.25) is 9.59 Å². The van der Waals surface area contributed by atoms with Gasteiger partial charge in [0.2, 0.25) is 0 Å². The van der Waals surface area contributed by atoms with Crippen LogP contribution in [0.15, 0.2) is 0 Å². The molecule has 0 saturated heterocycles. The molecule has 0 radical (unpaired) electrons. The van der Waals surface area contributed by atoms with Crippen LogP contribution in [0.25, 0.3) is 0 Å². The number of aliphatic carboxylic acids is 1. The van der Waals surface area contributed by atoms with Crippen LogP contribution in [0.2, 0.25) is 0 Å². The van der Waals surface area contributed by atoms with Crippen molar-refractivity contribution in [3.05, 3.63) is 0 Å². The van der Waals surface area contributed by atoms with Gasteiger partial charge in [0, 0.05) is 0 Å². The summed E-state index contributed by atoms with van der Waals surface area (Å²) < 4.78 is 5.21. The molecule has 124 valence electrons. The topological polar surface area (TPSA) is 63.6 Å². The Kier molecular flexibility index (Phi) is 10.6. The van der Waals surface area contributed by atoms with Crippen molar-refractivity contribution in [3.8, 4) is 0 Å². The third kappa shape index (κ3) is 9.86. The standard InChI is InChI=1S/C17H30O4.Na.H/c1-17(2,3)21-15(18)12-14(16(19)20)11-7-10-13-8-5-4-6-9-13;;/h13-14H,4-12H2,1-3H3,(H,19,20);;. The molecule has 1 aliphatic rings. The molecular weight excluding hydrogens is 291 g/mol. The molecule has 0 aromatic heterocycles. The van der Waals surface area contributed by atoms with Crippen molar-refractivity contribution in [2.45, 2.75) is 84.2 Å². The molecule has 22 heavy (non-hydrogen) atoms. The average molecular weight is 322 g/mol. The van der Waals surface area contributed by atoms with Crippen LogP contribution in [0.3, 0.4) is 0 Å². The SMILES string of the molecule is CC(C)(C)OC(=O)CC(CCCC1CCCCC1)C(=O)O.[NaH]. The quantitative estimate of drug-likeness (QED) is 0.575. The minimum absolute atomic E-state index is 0. The molecule has 0 aromatic carbocycles. The average Bonchev–Trinajstić information content (AvgIpc) is 2.36. The first-order chi connectivity index (χ1) is 9.78. The molecule has 1 N–H and O–H groups in total. The predicted octanol–water partition coefficient (Wildman–Crippen LogP) is 3.52. The molecule has 1 aliphatic carbocycles. The summed E-state index contributed by atoms with van der Waals surface area (Å²) in [6.07, 6.45) is 9.07. The number of carboxylic acids is 1. The van der Waals surface area contributed by atoms with Crippen LogP contribution in [0.4, 0.5) is 0 Å². The van der Waals surface area contributed by atoms with E-state index in [9.17, 15) is 14.7 Å². The van der Waals surface area contributed by atoms with Gasteiger partial charge in [0.1, 0.15) is 5.60 Å². The molecule has 1 saturated carbocycles. The van der Waals surface area contributed by atoms with Gasteiger partial charge in [-0.1, -0.05) is 44.9 Å². The molecule has 1 rings (SSSR count). The predicted molar refractivity (Wildman–Crippen MR) is 89.2 cm³/mol. The molecule has 4 nitrogen and oxygen atoms in total. The molecule has 0 spiro atoms. The Morgan fingerprint density at radius 3 is 2.27 bits per heavy atom. The van der Waals surface area contributed by atoms with Gasteiger partial charge >= 0.3 is 41.5 Å². The van der Waals surface area contributed by atoms with E-state index in [1.54, 1.807) is 20.8 Å². The molecule has 0 aliphatic heterocycles.